The zero-order valence-electron chi connectivity index (χ0n) is 12.3. The smallest absolute Gasteiger partial charge is 0.231 e. The lowest BCUT2D eigenvalue weighted by molar-refractivity contribution is -0.120. The molecule has 2 aromatic carbocycles. The molecule has 0 saturated heterocycles. The summed E-state index contributed by atoms with van der Waals surface area (Å²) < 4.78 is 23.3. The number of hydrogen-bond donors (Lipinski definition) is 2. The predicted molar refractivity (Wildman–Crippen MR) is 80.6 cm³/mol. The van der Waals surface area contributed by atoms with Crippen molar-refractivity contribution in [3.05, 3.63) is 59.4 Å². The van der Waals surface area contributed by atoms with E-state index in [0.717, 1.165) is 5.56 Å². The van der Waals surface area contributed by atoms with Crippen LogP contribution in [0.2, 0.25) is 0 Å². The lowest BCUT2D eigenvalue weighted by Crippen LogP contribution is -2.29. The van der Waals surface area contributed by atoms with Gasteiger partial charge in [-0.3, -0.25) is 4.79 Å². The number of amides is 1. The summed E-state index contributed by atoms with van der Waals surface area (Å²) in [7, 11) is 0. The Labute approximate surface area is 132 Å². The normalized spacial score (nSPS) is 13.7. The van der Waals surface area contributed by atoms with Gasteiger partial charge in [0.05, 0.1) is 12.5 Å². The van der Waals surface area contributed by atoms with Crippen LogP contribution in [0.5, 0.6) is 11.5 Å². The number of fused-ring (bicyclic) bond motifs is 1. The third-order valence-corrected chi connectivity index (χ3v) is 3.55. The summed E-state index contributed by atoms with van der Waals surface area (Å²) in [6, 6.07) is 10.8. The number of ether oxygens (including phenoxy) is 2. The largest absolute Gasteiger partial charge is 0.454 e. The minimum Gasteiger partial charge on any atom is -0.454 e. The van der Waals surface area contributed by atoms with Crippen LogP contribution in [0, 0.1) is 5.82 Å². The molecule has 0 fully saturated rings. The number of carbonyl (C=O) groups is 1. The Morgan fingerprint density at radius 1 is 1.17 bits per heavy atom. The second-order valence-electron chi connectivity index (χ2n) is 5.24. The molecule has 0 spiro atoms. The molecule has 0 saturated carbocycles. The second kappa shape index (κ2) is 6.66. The Morgan fingerprint density at radius 2 is 1.91 bits per heavy atom. The molecule has 0 bridgehead atoms. The van der Waals surface area contributed by atoms with E-state index in [-0.39, 0.29) is 31.5 Å². The summed E-state index contributed by atoms with van der Waals surface area (Å²) in [6.07, 6.45) is -0.705. The predicted octanol–water partition coefficient (Wildman–Crippen LogP) is 1.95. The van der Waals surface area contributed by atoms with Gasteiger partial charge >= 0.3 is 0 Å². The molecular formula is C17H16FNO4. The van der Waals surface area contributed by atoms with Crippen molar-refractivity contribution in [3.63, 3.8) is 0 Å². The highest BCUT2D eigenvalue weighted by atomic mass is 19.1. The first-order valence-corrected chi connectivity index (χ1v) is 7.20. The molecule has 23 heavy (non-hydrogen) atoms. The number of halogens is 1. The number of carbonyl (C=O) groups excluding carboxylic acids is 1. The number of hydrogen-bond acceptors (Lipinski definition) is 4. The van der Waals surface area contributed by atoms with Crippen molar-refractivity contribution in [3.8, 4) is 11.5 Å². The van der Waals surface area contributed by atoms with Crippen LogP contribution in [-0.4, -0.2) is 24.4 Å². The third-order valence-electron chi connectivity index (χ3n) is 3.55. The summed E-state index contributed by atoms with van der Waals surface area (Å²) in [5, 5.41) is 12.6. The number of aliphatic hydroxyl groups excluding tert-OH is 1. The van der Waals surface area contributed by atoms with Gasteiger partial charge in [0, 0.05) is 6.54 Å². The van der Waals surface area contributed by atoms with Crippen LogP contribution in [-0.2, 0) is 11.2 Å². The first-order chi connectivity index (χ1) is 11.1. The third kappa shape index (κ3) is 3.78. The first kappa shape index (κ1) is 15.3. The number of nitrogens with one attached hydrogen (secondary N) is 1. The van der Waals surface area contributed by atoms with E-state index in [1.54, 1.807) is 18.2 Å². The Morgan fingerprint density at radius 3 is 2.70 bits per heavy atom. The van der Waals surface area contributed by atoms with Gasteiger partial charge in [0.1, 0.15) is 5.82 Å². The number of benzene rings is 2. The highest BCUT2D eigenvalue weighted by molar-refractivity contribution is 5.78. The van der Waals surface area contributed by atoms with Gasteiger partial charge in [-0.2, -0.15) is 0 Å². The summed E-state index contributed by atoms with van der Waals surface area (Å²) in [5.41, 5.74) is 1.35. The summed E-state index contributed by atoms with van der Waals surface area (Å²) >= 11 is 0. The minimum atomic E-state index is -0.878. The van der Waals surface area contributed by atoms with Gasteiger partial charge in [-0.25, -0.2) is 4.39 Å². The van der Waals surface area contributed by atoms with Gasteiger partial charge in [-0.05, 0) is 35.4 Å². The summed E-state index contributed by atoms with van der Waals surface area (Å²) in [6.45, 7) is 0.254. The molecule has 0 aromatic heterocycles. The number of rotatable bonds is 5. The fourth-order valence-corrected chi connectivity index (χ4v) is 2.31. The van der Waals surface area contributed by atoms with E-state index in [2.05, 4.69) is 5.32 Å². The van der Waals surface area contributed by atoms with Crippen LogP contribution in [0.25, 0.3) is 0 Å². The maximum atomic E-state index is 12.8. The number of aliphatic hydroxyl groups is 1. The molecule has 0 radical (unpaired) electrons. The fourth-order valence-electron chi connectivity index (χ4n) is 2.31. The molecule has 0 unspecified atom stereocenters. The topological polar surface area (TPSA) is 67.8 Å². The molecule has 2 N–H and O–H groups in total. The van der Waals surface area contributed by atoms with Gasteiger partial charge in [0.25, 0.3) is 0 Å². The minimum absolute atomic E-state index is 0.0645. The molecule has 3 rings (SSSR count). The van der Waals surface area contributed by atoms with Crippen LogP contribution < -0.4 is 14.8 Å². The first-order valence-electron chi connectivity index (χ1n) is 7.20. The fraction of sp³-hybridized carbons (Fsp3) is 0.235. The van der Waals surface area contributed by atoms with Crippen molar-refractivity contribution in [2.45, 2.75) is 12.5 Å². The van der Waals surface area contributed by atoms with E-state index in [9.17, 15) is 14.3 Å². The highest BCUT2D eigenvalue weighted by Crippen LogP contribution is 2.32. The Kier molecular flexibility index (Phi) is 4.43. The Bertz CT molecular complexity index is 702. The zero-order chi connectivity index (χ0) is 16.2. The van der Waals surface area contributed by atoms with Crippen molar-refractivity contribution in [2.24, 2.45) is 0 Å². The van der Waals surface area contributed by atoms with Gasteiger partial charge in [-0.15, -0.1) is 0 Å². The van der Waals surface area contributed by atoms with Crippen molar-refractivity contribution in [1.82, 2.24) is 5.32 Å². The molecule has 1 aliphatic rings. The van der Waals surface area contributed by atoms with Gasteiger partial charge in [-0.1, -0.05) is 18.2 Å². The molecule has 1 aliphatic heterocycles. The molecule has 1 heterocycles. The van der Waals surface area contributed by atoms with Gasteiger partial charge < -0.3 is 19.9 Å². The molecule has 1 atom stereocenters. The van der Waals surface area contributed by atoms with Crippen molar-refractivity contribution < 1.29 is 23.8 Å². The van der Waals surface area contributed by atoms with Gasteiger partial charge in [0.2, 0.25) is 12.7 Å². The molecule has 6 heteroatoms. The maximum absolute atomic E-state index is 12.8. The van der Waals surface area contributed by atoms with Crippen molar-refractivity contribution in [2.75, 3.05) is 13.3 Å². The zero-order valence-corrected chi connectivity index (χ0v) is 12.3. The highest BCUT2D eigenvalue weighted by Gasteiger charge is 2.15. The van der Waals surface area contributed by atoms with Crippen molar-refractivity contribution in [1.29, 1.82) is 0 Å². The van der Waals surface area contributed by atoms with Crippen molar-refractivity contribution >= 4 is 5.91 Å². The van der Waals surface area contributed by atoms with E-state index in [1.807, 2.05) is 0 Å². The SMILES string of the molecule is O=C(Cc1ccc2c(c1)OCO2)NC[C@H](O)c1ccc(F)cc1. The van der Waals surface area contributed by atoms with Gasteiger partial charge in [0.15, 0.2) is 11.5 Å². The molecule has 120 valence electrons. The lowest BCUT2D eigenvalue weighted by Gasteiger charge is -2.12. The van der Waals surface area contributed by atoms with Crippen LogP contribution in [0.1, 0.15) is 17.2 Å². The van der Waals surface area contributed by atoms with Crippen LogP contribution in [0.15, 0.2) is 42.5 Å². The Balaban J connectivity index is 1.52. The molecule has 0 aliphatic carbocycles. The van der Waals surface area contributed by atoms with Crippen LogP contribution in [0.3, 0.4) is 0 Å². The summed E-state index contributed by atoms with van der Waals surface area (Å²) in [5.74, 6) is 0.709. The standard InChI is InChI=1S/C17H16FNO4/c18-13-4-2-12(3-5-13)14(20)9-19-17(21)8-11-1-6-15-16(7-11)23-10-22-15/h1-7,14,20H,8-10H2,(H,19,21)/t14-/m0/s1. The quantitative estimate of drug-likeness (QED) is 0.884. The Hall–Kier alpha value is -2.60. The van der Waals surface area contributed by atoms with Crippen LogP contribution >= 0.6 is 0 Å². The monoisotopic (exact) mass is 317 g/mol. The molecule has 2 aromatic rings. The lowest BCUT2D eigenvalue weighted by atomic mass is 10.1. The molecule has 1 amide bonds. The average Bonchev–Trinajstić information content (AvgIpc) is 3.01. The summed E-state index contributed by atoms with van der Waals surface area (Å²) in [4.78, 5) is 11.9. The van der Waals surface area contributed by atoms with E-state index in [0.29, 0.717) is 17.1 Å². The molecule has 5 nitrogen and oxygen atoms in total. The second-order valence-corrected chi connectivity index (χ2v) is 5.24. The average molecular weight is 317 g/mol. The van der Waals surface area contributed by atoms with Crippen LogP contribution in [0.4, 0.5) is 4.39 Å². The van der Waals surface area contributed by atoms with E-state index in [1.165, 1.54) is 24.3 Å². The van der Waals surface area contributed by atoms with E-state index < -0.39 is 6.10 Å². The van der Waals surface area contributed by atoms with E-state index in [4.69, 9.17) is 9.47 Å². The molecular weight excluding hydrogens is 301 g/mol. The van der Waals surface area contributed by atoms with E-state index >= 15 is 0 Å². The maximum Gasteiger partial charge on any atom is 0.231 e.